The van der Waals surface area contributed by atoms with Crippen LogP contribution in [0, 0.1) is 0 Å². The van der Waals surface area contributed by atoms with Crippen molar-refractivity contribution in [3.05, 3.63) is 0 Å². The van der Waals surface area contributed by atoms with Gasteiger partial charge in [0.15, 0.2) is 12.6 Å². The Morgan fingerprint density at radius 2 is 1.00 bits per heavy atom. The van der Waals surface area contributed by atoms with Gasteiger partial charge in [0.1, 0.15) is 0 Å². The molecule has 158 valence electrons. The lowest BCUT2D eigenvalue weighted by Crippen LogP contribution is -2.23. The smallest absolute Gasteiger partial charge is 0.154 e. The lowest BCUT2D eigenvalue weighted by atomic mass is 10.4. The van der Waals surface area contributed by atoms with E-state index in [1.54, 1.807) is 0 Å². The second-order valence-corrected chi connectivity index (χ2v) is 10.7. The maximum atomic E-state index is 5.62. The maximum absolute atomic E-state index is 5.62. The zero-order valence-electron chi connectivity index (χ0n) is 18.1. The van der Waals surface area contributed by atoms with Crippen molar-refractivity contribution in [2.75, 3.05) is 46.6 Å². The Bertz CT molecular complexity index is 250. The molecule has 0 spiro atoms. The fourth-order valence-electron chi connectivity index (χ4n) is 3.02. The van der Waals surface area contributed by atoms with Gasteiger partial charge in [-0.2, -0.15) is 0 Å². The van der Waals surface area contributed by atoms with Gasteiger partial charge in [0.25, 0.3) is 0 Å². The van der Waals surface area contributed by atoms with Crippen molar-refractivity contribution in [1.29, 1.82) is 0 Å². The summed E-state index contributed by atoms with van der Waals surface area (Å²) in [5, 5.41) is 0. The molecular formula is C19H45NO4Si2. The highest BCUT2D eigenvalue weighted by Gasteiger charge is 2.09. The molecule has 0 saturated heterocycles. The van der Waals surface area contributed by atoms with Gasteiger partial charge in [0.05, 0.1) is 0 Å². The van der Waals surface area contributed by atoms with Gasteiger partial charge in [-0.25, -0.2) is 0 Å². The monoisotopic (exact) mass is 407 g/mol. The fraction of sp³-hybridized carbons (Fsp3) is 1.00. The first-order valence-corrected chi connectivity index (χ1v) is 14.8. The molecular weight excluding hydrogens is 362 g/mol. The molecule has 0 aliphatic carbocycles. The number of nitrogens with zero attached hydrogens (tertiary/aromatic N) is 1. The summed E-state index contributed by atoms with van der Waals surface area (Å²) >= 11 is 0. The third kappa shape index (κ3) is 16.4. The zero-order valence-corrected chi connectivity index (χ0v) is 21.0. The van der Waals surface area contributed by atoms with E-state index in [1.807, 2.05) is 27.7 Å². The van der Waals surface area contributed by atoms with E-state index in [1.165, 1.54) is 38.0 Å². The van der Waals surface area contributed by atoms with E-state index in [9.17, 15) is 0 Å². The van der Waals surface area contributed by atoms with Crippen molar-refractivity contribution >= 4 is 19.0 Å². The minimum Gasteiger partial charge on any atom is -0.353 e. The van der Waals surface area contributed by atoms with Crippen LogP contribution in [0.5, 0.6) is 0 Å². The lowest BCUT2D eigenvalue weighted by molar-refractivity contribution is -0.123. The van der Waals surface area contributed by atoms with E-state index in [0.717, 1.165) is 38.5 Å². The Hall–Kier alpha value is 0.234. The predicted octanol–water partition coefficient (Wildman–Crippen LogP) is 2.51. The summed E-state index contributed by atoms with van der Waals surface area (Å²) in [5.41, 5.74) is 0. The van der Waals surface area contributed by atoms with Gasteiger partial charge in [0.2, 0.25) is 0 Å². The van der Waals surface area contributed by atoms with Gasteiger partial charge in [-0.15, -0.1) is 0 Å². The minimum absolute atomic E-state index is 0.0524. The van der Waals surface area contributed by atoms with E-state index in [4.69, 9.17) is 18.9 Å². The van der Waals surface area contributed by atoms with Gasteiger partial charge < -0.3 is 23.8 Å². The van der Waals surface area contributed by atoms with E-state index in [2.05, 4.69) is 11.9 Å². The Morgan fingerprint density at radius 3 is 1.31 bits per heavy atom. The number of hydrogen-bond acceptors (Lipinski definition) is 5. The third-order valence-corrected chi connectivity index (χ3v) is 8.13. The highest BCUT2D eigenvalue weighted by Crippen LogP contribution is 2.06. The quantitative estimate of drug-likeness (QED) is 0.176. The predicted molar refractivity (Wildman–Crippen MR) is 117 cm³/mol. The normalized spacial score (nSPS) is 12.9. The molecule has 0 fully saturated rings. The van der Waals surface area contributed by atoms with Crippen LogP contribution in [0.3, 0.4) is 0 Å². The standard InChI is InChI=1S/C19H45NO4Si2/c1-6-21-18(22-7-2)16-25-14-10-12-20(5)13-11-15-26-17-19(23-8-3)24-9-4/h18-19H,6-17,25-26H2,1-5H3. The first kappa shape index (κ1) is 26.2. The molecule has 0 rings (SSSR count). The van der Waals surface area contributed by atoms with Crippen LogP contribution in [0.15, 0.2) is 0 Å². The number of hydrogen-bond donors (Lipinski definition) is 0. The molecule has 0 saturated carbocycles. The van der Waals surface area contributed by atoms with Crippen LogP contribution in [-0.4, -0.2) is 83.1 Å². The second kappa shape index (κ2) is 20.0. The topological polar surface area (TPSA) is 40.2 Å². The third-order valence-electron chi connectivity index (χ3n) is 4.37. The molecule has 0 radical (unpaired) electrons. The van der Waals surface area contributed by atoms with Crippen LogP contribution in [0.2, 0.25) is 24.2 Å². The summed E-state index contributed by atoms with van der Waals surface area (Å²) in [6, 6.07) is 5.08. The second-order valence-electron chi connectivity index (χ2n) is 6.68. The van der Waals surface area contributed by atoms with Crippen LogP contribution in [0.4, 0.5) is 0 Å². The Morgan fingerprint density at radius 1 is 0.654 bits per heavy atom. The van der Waals surface area contributed by atoms with Crippen LogP contribution >= 0.6 is 0 Å². The lowest BCUT2D eigenvalue weighted by Gasteiger charge is -2.18. The van der Waals surface area contributed by atoms with Gasteiger partial charge in [0, 0.05) is 45.5 Å². The van der Waals surface area contributed by atoms with Crippen molar-refractivity contribution in [3.63, 3.8) is 0 Å². The molecule has 0 aromatic heterocycles. The van der Waals surface area contributed by atoms with Crippen molar-refractivity contribution in [2.45, 2.75) is 77.3 Å². The average Bonchev–Trinajstić information content (AvgIpc) is 2.61. The molecule has 0 atom stereocenters. The molecule has 5 nitrogen and oxygen atoms in total. The molecule has 7 heteroatoms. The Labute approximate surface area is 167 Å². The Kier molecular flexibility index (Phi) is 20.2. The molecule has 0 aromatic rings. The van der Waals surface area contributed by atoms with Crippen molar-refractivity contribution < 1.29 is 18.9 Å². The van der Waals surface area contributed by atoms with Crippen LogP contribution in [0.1, 0.15) is 40.5 Å². The first-order valence-electron chi connectivity index (χ1n) is 10.8. The molecule has 0 aliphatic rings. The number of ether oxygens (including phenoxy) is 4. The summed E-state index contributed by atoms with van der Waals surface area (Å²) in [6.07, 6.45) is 2.75. The van der Waals surface area contributed by atoms with Gasteiger partial charge >= 0.3 is 0 Å². The molecule has 26 heavy (non-hydrogen) atoms. The summed E-state index contributed by atoms with van der Waals surface area (Å²) in [5.74, 6) is 0. The van der Waals surface area contributed by atoms with E-state index in [-0.39, 0.29) is 31.6 Å². The SMILES string of the molecule is CCOC(C[SiH2]CCCN(C)CCC[SiH2]CC(OCC)OCC)OCC. The summed E-state index contributed by atoms with van der Waals surface area (Å²) in [4.78, 5) is 2.49. The van der Waals surface area contributed by atoms with Crippen molar-refractivity contribution in [2.24, 2.45) is 0 Å². The van der Waals surface area contributed by atoms with E-state index in [0.29, 0.717) is 0 Å². The van der Waals surface area contributed by atoms with Gasteiger partial charge in [-0.3, -0.25) is 0 Å². The van der Waals surface area contributed by atoms with Crippen molar-refractivity contribution in [1.82, 2.24) is 4.90 Å². The average molecular weight is 408 g/mol. The van der Waals surface area contributed by atoms with E-state index >= 15 is 0 Å². The summed E-state index contributed by atoms with van der Waals surface area (Å²) in [7, 11) is 2.13. The maximum Gasteiger partial charge on any atom is 0.154 e. The molecule has 0 aromatic carbocycles. The highest BCUT2D eigenvalue weighted by molar-refractivity contribution is 6.35. The van der Waals surface area contributed by atoms with Crippen LogP contribution in [0.25, 0.3) is 0 Å². The van der Waals surface area contributed by atoms with Crippen molar-refractivity contribution in [3.8, 4) is 0 Å². The minimum atomic E-state index is -0.0641. The van der Waals surface area contributed by atoms with Gasteiger partial charge in [-0.05, 0) is 72.8 Å². The molecule has 0 amide bonds. The molecule has 0 N–H and O–H groups in total. The van der Waals surface area contributed by atoms with Crippen LogP contribution < -0.4 is 0 Å². The summed E-state index contributed by atoms with van der Waals surface area (Å²) in [6.45, 7) is 13.6. The molecule has 0 heterocycles. The molecule has 0 bridgehead atoms. The molecule has 0 aliphatic heterocycles. The first-order chi connectivity index (χ1) is 12.7. The zero-order chi connectivity index (χ0) is 19.5. The number of rotatable bonds is 20. The van der Waals surface area contributed by atoms with Crippen LogP contribution in [-0.2, 0) is 18.9 Å². The Balaban J connectivity index is 3.55. The van der Waals surface area contributed by atoms with E-state index < -0.39 is 0 Å². The molecule has 0 unspecified atom stereocenters. The fourth-order valence-corrected chi connectivity index (χ4v) is 6.09. The highest BCUT2D eigenvalue weighted by atomic mass is 28.2. The largest absolute Gasteiger partial charge is 0.353 e. The summed E-state index contributed by atoms with van der Waals surface area (Å²) < 4.78 is 22.5. The van der Waals surface area contributed by atoms with Gasteiger partial charge in [-0.1, -0.05) is 12.1 Å².